The second-order valence-corrected chi connectivity index (χ2v) is 10.1. The third-order valence-electron chi connectivity index (χ3n) is 8.32. The van der Waals surface area contributed by atoms with E-state index in [2.05, 4.69) is 128 Å². The summed E-state index contributed by atoms with van der Waals surface area (Å²) in [6.07, 6.45) is 6.57. The highest BCUT2D eigenvalue weighted by Gasteiger charge is 2.51. The summed E-state index contributed by atoms with van der Waals surface area (Å²) < 4.78 is 6.05. The van der Waals surface area contributed by atoms with Crippen molar-refractivity contribution in [3.05, 3.63) is 167 Å². The maximum absolute atomic E-state index is 6.05. The topological polar surface area (TPSA) is 13.1 Å². The van der Waals surface area contributed by atoms with Gasteiger partial charge in [0.2, 0.25) is 0 Å². The molecule has 0 unspecified atom stereocenters. The minimum atomic E-state index is -0.365. The number of hydrogen-bond donors (Lipinski definition) is 0. The van der Waals surface area contributed by atoms with Crippen molar-refractivity contribution in [3.63, 3.8) is 0 Å². The number of allylic oxidation sites excluding steroid dienone is 4. The second-order valence-electron chi connectivity index (χ2n) is 10.1. The van der Waals surface area contributed by atoms with Crippen molar-refractivity contribution >= 4 is 33.6 Å². The fraction of sp³-hybridized carbons (Fsp3) is 0.0270. The molecule has 38 heavy (non-hydrogen) atoms. The fourth-order valence-corrected chi connectivity index (χ4v) is 6.82. The average Bonchev–Trinajstić information content (AvgIpc) is 3.59. The largest absolute Gasteiger partial charge is 0.456 e. The Balaban J connectivity index is 1.37. The summed E-state index contributed by atoms with van der Waals surface area (Å²) in [5.41, 5.74) is 12.9. The van der Waals surface area contributed by atoms with E-state index < -0.39 is 0 Å². The lowest BCUT2D eigenvalue weighted by Gasteiger charge is -2.31. The van der Waals surface area contributed by atoms with Crippen molar-refractivity contribution in [2.24, 2.45) is 0 Å². The second kappa shape index (κ2) is 7.81. The summed E-state index contributed by atoms with van der Waals surface area (Å²) in [6.45, 7) is 4.36. The molecule has 0 radical (unpaired) electrons. The SMILES string of the molecule is C=CC1=C(/C=C/c2ccc3oc4ccccc4c3c2)c2ccccc2C12c1ccccc1-c1ccccc12. The fourth-order valence-electron chi connectivity index (χ4n) is 6.82. The van der Waals surface area contributed by atoms with E-state index in [1.165, 1.54) is 44.5 Å². The molecule has 178 valence electrons. The highest BCUT2D eigenvalue weighted by Crippen LogP contribution is 2.62. The van der Waals surface area contributed by atoms with Crippen LogP contribution in [0.1, 0.15) is 27.8 Å². The first-order chi connectivity index (χ1) is 18.8. The van der Waals surface area contributed by atoms with Crippen LogP contribution in [0.15, 0.2) is 144 Å². The predicted octanol–water partition coefficient (Wildman–Crippen LogP) is 9.57. The van der Waals surface area contributed by atoms with Crippen LogP contribution in [0.25, 0.3) is 44.7 Å². The Morgan fingerprint density at radius 3 is 1.84 bits per heavy atom. The molecule has 0 amide bonds. The highest BCUT2D eigenvalue weighted by molar-refractivity contribution is 6.06. The van der Waals surface area contributed by atoms with E-state index in [0.29, 0.717) is 0 Å². The van der Waals surface area contributed by atoms with Gasteiger partial charge in [-0.2, -0.15) is 0 Å². The van der Waals surface area contributed by atoms with Crippen molar-refractivity contribution < 1.29 is 4.42 Å². The van der Waals surface area contributed by atoms with Crippen molar-refractivity contribution in [1.82, 2.24) is 0 Å². The number of furan rings is 1. The molecule has 6 aromatic rings. The minimum absolute atomic E-state index is 0.365. The smallest absolute Gasteiger partial charge is 0.135 e. The third-order valence-corrected chi connectivity index (χ3v) is 8.32. The first-order valence-corrected chi connectivity index (χ1v) is 13.1. The summed E-state index contributed by atoms with van der Waals surface area (Å²) >= 11 is 0. The molecule has 0 fully saturated rings. The Kier molecular flexibility index (Phi) is 4.36. The van der Waals surface area contributed by atoms with Crippen molar-refractivity contribution in [3.8, 4) is 11.1 Å². The molecular weight excluding hydrogens is 460 g/mol. The maximum atomic E-state index is 6.05. The van der Waals surface area contributed by atoms with E-state index in [4.69, 9.17) is 4.42 Å². The lowest BCUT2D eigenvalue weighted by atomic mass is 9.69. The maximum Gasteiger partial charge on any atom is 0.135 e. The van der Waals surface area contributed by atoms with Gasteiger partial charge in [-0.25, -0.2) is 0 Å². The molecule has 2 aliphatic carbocycles. The molecule has 0 saturated carbocycles. The quantitative estimate of drug-likeness (QED) is 0.244. The molecule has 0 aliphatic heterocycles. The van der Waals surface area contributed by atoms with Crippen LogP contribution in [0.5, 0.6) is 0 Å². The van der Waals surface area contributed by atoms with Crippen LogP contribution in [-0.2, 0) is 5.41 Å². The molecule has 0 saturated heterocycles. The van der Waals surface area contributed by atoms with Crippen LogP contribution in [0.3, 0.4) is 0 Å². The highest BCUT2D eigenvalue weighted by atomic mass is 16.3. The van der Waals surface area contributed by atoms with Crippen molar-refractivity contribution in [2.45, 2.75) is 5.41 Å². The molecule has 2 aliphatic rings. The molecule has 0 atom stereocenters. The molecule has 1 aromatic heterocycles. The zero-order chi connectivity index (χ0) is 25.3. The van der Waals surface area contributed by atoms with Gasteiger partial charge in [0, 0.05) is 10.8 Å². The monoisotopic (exact) mass is 484 g/mol. The Morgan fingerprint density at radius 2 is 1.13 bits per heavy atom. The molecular formula is C37H24O. The number of rotatable bonds is 3. The standard InChI is InChI=1S/C37H24O/c1-2-31-28(21-19-24-20-22-36-30(23-24)29-14-6-10-18-35(29)38-36)27-13-5-9-17-34(27)37(31)32-15-7-3-11-25(32)26-12-4-8-16-33(26)37/h2-23H,1H2/b21-19+. The minimum Gasteiger partial charge on any atom is -0.456 e. The van der Waals surface area contributed by atoms with Gasteiger partial charge in [-0.05, 0) is 68.3 Å². The average molecular weight is 485 g/mol. The molecule has 1 heteroatoms. The van der Waals surface area contributed by atoms with Gasteiger partial charge in [-0.1, -0.05) is 122 Å². The molecule has 0 bridgehead atoms. The van der Waals surface area contributed by atoms with Crippen LogP contribution < -0.4 is 0 Å². The number of hydrogen-bond acceptors (Lipinski definition) is 1. The molecule has 0 N–H and O–H groups in total. The Labute approximate surface area is 221 Å². The van der Waals surface area contributed by atoms with Gasteiger partial charge in [-0.15, -0.1) is 0 Å². The van der Waals surface area contributed by atoms with Gasteiger partial charge < -0.3 is 4.42 Å². The first-order valence-electron chi connectivity index (χ1n) is 13.1. The van der Waals surface area contributed by atoms with Gasteiger partial charge in [0.1, 0.15) is 11.2 Å². The summed E-state index contributed by atoms with van der Waals surface area (Å²) in [5, 5.41) is 2.29. The van der Waals surface area contributed by atoms with E-state index in [1.54, 1.807) is 0 Å². The Bertz CT molecular complexity index is 1950. The summed E-state index contributed by atoms with van der Waals surface area (Å²) in [4.78, 5) is 0. The lowest BCUT2D eigenvalue weighted by molar-refractivity contribution is 0.669. The summed E-state index contributed by atoms with van der Waals surface area (Å²) in [6, 6.07) is 41.2. The van der Waals surface area contributed by atoms with Crippen LogP contribution in [-0.4, -0.2) is 0 Å². The van der Waals surface area contributed by atoms with Crippen LogP contribution in [0.4, 0.5) is 0 Å². The third kappa shape index (κ3) is 2.65. The molecule has 1 heterocycles. The van der Waals surface area contributed by atoms with E-state index in [9.17, 15) is 0 Å². The zero-order valence-corrected chi connectivity index (χ0v) is 20.8. The van der Waals surface area contributed by atoms with Gasteiger partial charge in [0.15, 0.2) is 0 Å². The number of fused-ring (bicyclic) bond motifs is 10. The van der Waals surface area contributed by atoms with Crippen molar-refractivity contribution in [1.29, 1.82) is 0 Å². The van der Waals surface area contributed by atoms with E-state index in [-0.39, 0.29) is 5.41 Å². The van der Waals surface area contributed by atoms with Gasteiger partial charge in [-0.3, -0.25) is 0 Å². The van der Waals surface area contributed by atoms with Crippen LogP contribution in [0, 0.1) is 0 Å². The van der Waals surface area contributed by atoms with Crippen LogP contribution in [0.2, 0.25) is 0 Å². The lowest BCUT2D eigenvalue weighted by Crippen LogP contribution is -2.26. The first kappa shape index (κ1) is 21.2. The Hall–Kier alpha value is -4.88. The zero-order valence-electron chi connectivity index (χ0n) is 20.8. The molecule has 8 rings (SSSR count). The predicted molar refractivity (Wildman–Crippen MR) is 158 cm³/mol. The van der Waals surface area contributed by atoms with Gasteiger partial charge in [0.25, 0.3) is 0 Å². The summed E-state index contributed by atoms with van der Waals surface area (Å²) in [7, 11) is 0. The van der Waals surface area contributed by atoms with Gasteiger partial charge in [0.05, 0.1) is 5.41 Å². The number of para-hydroxylation sites is 1. The van der Waals surface area contributed by atoms with E-state index in [1.807, 2.05) is 12.1 Å². The number of benzene rings is 5. The van der Waals surface area contributed by atoms with Crippen LogP contribution >= 0.6 is 0 Å². The molecule has 5 aromatic carbocycles. The molecule has 1 nitrogen and oxygen atoms in total. The van der Waals surface area contributed by atoms with E-state index >= 15 is 0 Å². The normalized spacial score (nSPS) is 14.9. The van der Waals surface area contributed by atoms with Crippen molar-refractivity contribution in [2.75, 3.05) is 0 Å². The molecule has 1 spiro atoms. The Morgan fingerprint density at radius 1 is 0.553 bits per heavy atom. The van der Waals surface area contributed by atoms with E-state index in [0.717, 1.165) is 27.5 Å². The summed E-state index contributed by atoms with van der Waals surface area (Å²) in [5.74, 6) is 0. The van der Waals surface area contributed by atoms with Gasteiger partial charge >= 0.3 is 0 Å².